The molecule has 124 valence electrons. The molecule has 6 nitrogen and oxygen atoms in total. The number of anilines is 2. The van der Waals surface area contributed by atoms with Crippen molar-refractivity contribution in [2.24, 2.45) is 0 Å². The van der Waals surface area contributed by atoms with Crippen molar-refractivity contribution in [2.75, 3.05) is 23.7 Å². The lowest BCUT2D eigenvalue weighted by molar-refractivity contribution is -0.141. The van der Waals surface area contributed by atoms with E-state index in [1.807, 2.05) is 0 Å². The summed E-state index contributed by atoms with van der Waals surface area (Å²) in [5.41, 5.74) is -0.954. The molecule has 0 spiro atoms. The molecule has 2 aromatic heterocycles. The Labute approximate surface area is 131 Å². The van der Waals surface area contributed by atoms with E-state index in [0.717, 1.165) is 6.07 Å². The van der Waals surface area contributed by atoms with Crippen LogP contribution in [0.4, 0.5) is 24.7 Å². The Kier molecular flexibility index (Phi) is 4.46. The average molecular weight is 346 g/mol. The van der Waals surface area contributed by atoms with E-state index < -0.39 is 21.9 Å². The molecule has 2 heterocycles. The number of pyridine rings is 2. The summed E-state index contributed by atoms with van der Waals surface area (Å²) in [6.07, 6.45) is -2.47. The van der Waals surface area contributed by atoms with E-state index in [-0.39, 0.29) is 10.6 Å². The number of hydrogen-bond acceptors (Lipinski definition) is 5. The van der Waals surface area contributed by atoms with Gasteiger partial charge in [0.15, 0.2) is 5.82 Å². The summed E-state index contributed by atoms with van der Waals surface area (Å²) in [5.74, 6) is 0.371. The van der Waals surface area contributed by atoms with Crippen molar-refractivity contribution < 1.29 is 21.6 Å². The third-order valence-electron chi connectivity index (χ3n) is 2.79. The predicted molar refractivity (Wildman–Crippen MR) is 78.6 cm³/mol. The molecule has 1 N–H and O–H groups in total. The van der Waals surface area contributed by atoms with Crippen LogP contribution in [-0.2, 0) is 16.2 Å². The van der Waals surface area contributed by atoms with Crippen LogP contribution >= 0.6 is 0 Å². The number of halogens is 3. The quantitative estimate of drug-likeness (QED) is 0.920. The van der Waals surface area contributed by atoms with Crippen LogP contribution in [0.5, 0.6) is 0 Å². The van der Waals surface area contributed by atoms with Crippen molar-refractivity contribution in [3.8, 4) is 0 Å². The SMILES string of the molecule is CN(C)c1ncccc1NS(=O)(=O)c1ccc(C(F)(F)F)nc1. The largest absolute Gasteiger partial charge is 0.433 e. The molecule has 0 aliphatic heterocycles. The molecule has 0 bridgehead atoms. The summed E-state index contributed by atoms with van der Waals surface area (Å²) >= 11 is 0. The fourth-order valence-electron chi connectivity index (χ4n) is 1.74. The molecule has 0 unspecified atom stereocenters. The van der Waals surface area contributed by atoms with E-state index in [0.29, 0.717) is 18.1 Å². The molecule has 23 heavy (non-hydrogen) atoms. The summed E-state index contributed by atoms with van der Waals surface area (Å²) in [7, 11) is -0.717. The van der Waals surface area contributed by atoms with Crippen LogP contribution in [0.15, 0.2) is 41.6 Å². The summed E-state index contributed by atoms with van der Waals surface area (Å²) in [6, 6.07) is 4.50. The molecule has 0 fully saturated rings. The average Bonchev–Trinajstić information content (AvgIpc) is 2.46. The van der Waals surface area contributed by atoms with E-state index in [1.54, 1.807) is 19.0 Å². The first-order chi connectivity index (χ1) is 10.6. The van der Waals surface area contributed by atoms with Gasteiger partial charge >= 0.3 is 6.18 Å². The lowest BCUT2D eigenvalue weighted by atomic mass is 10.3. The Morgan fingerprint density at radius 1 is 1.13 bits per heavy atom. The van der Waals surface area contributed by atoms with Gasteiger partial charge in [-0.05, 0) is 24.3 Å². The van der Waals surface area contributed by atoms with Crippen molar-refractivity contribution in [3.05, 3.63) is 42.4 Å². The minimum Gasteiger partial charge on any atom is -0.361 e. The first-order valence-corrected chi connectivity index (χ1v) is 7.78. The Morgan fingerprint density at radius 3 is 2.35 bits per heavy atom. The molecule has 0 aliphatic rings. The second-order valence-electron chi connectivity index (χ2n) is 4.75. The van der Waals surface area contributed by atoms with E-state index in [4.69, 9.17) is 0 Å². The summed E-state index contributed by atoms with van der Waals surface area (Å²) < 4.78 is 64.2. The van der Waals surface area contributed by atoms with Gasteiger partial charge in [0.1, 0.15) is 10.6 Å². The zero-order chi connectivity index (χ0) is 17.3. The van der Waals surface area contributed by atoms with Crippen LogP contribution in [0, 0.1) is 0 Å². The van der Waals surface area contributed by atoms with Crippen molar-refractivity contribution in [1.29, 1.82) is 0 Å². The van der Waals surface area contributed by atoms with Gasteiger partial charge in [-0.2, -0.15) is 13.2 Å². The molecule has 0 aliphatic carbocycles. The molecule has 0 aromatic carbocycles. The fourth-order valence-corrected chi connectivity index (χ4v) is 2.75. The highest BCUT2D eigenvalue weighted by atomic mass is 32.2. The van der Waals surface area contributed by atoms with Gasteiger partial charge in [0.25, 0.3) is 10.0 Å². The number of nitrogens with one attached hydrogen (secondary N) is 1. The lowest BCUT2D eigenvalue weighted by Crippen LogP contribution is -2.18. The van der Waals surface area contributed by atoms with Gasteiger partial charge in [0.05, 0.1) is 5.69 Å². The Bertz CT molecular complexity index is 790. The molecular formula is C13H13F3N4O2S. The topological polar surface area (TPSA) is 75.2 Å². The van der Waals surface area contributed by atoms with Crippen molar-refractivity contribution >= 4 is 21.5 Å². The minimum atomic E-state index is -4.63. The van der Waals surface area contributed by atoms with Crippen molar-refractivity contribution in [2.45, 2.75) is 11.1 Å². The number of alkyl halides is 3. The predicted octanol–water partition coefficient (Wildman–Crippen LogP) is 2.36. The summed E-state index contributed by atoms with van der Waals surface area (Å²) in [5, 5.41) is 0. The Morgan fingerprint density at radius 2 is 1.83 bits per heavy atom. The third-order valence-corrected chi connectivity index (χ3v) is 4.14. The normalized spacial score (nSPS) is 12.0. The maximum atomic E-state index is 12.5. The highest BCUT2D eigenvalue weighted by Gasteiger charge is 2.32. The van der Waals surface area contributed by atoms with Crippen LogP contribution in [0.2, 0.25) is 0 Å². The van der Waals surface area contributed by atoms with Crippen molar-refractivity contribution in [3.63, 3.8) is 0 Å². The number of rotatable bonds is 4. The van der Waals surface area contributed by atoms with E-state index >= 15 is 0 Å². The smallest absolute Gasteiger partial charge is 0.361 e. The Balaban J connectivity index is 2.33. The molecule has 2 rings (SSSR count). The molecule has 2 aromatic rings. The third kappa shape index (κ3) is 3.89. The number of sulfonamides is 1. The van der Waals surface area contributed by atoms with Gasteiger partial charge in [-0.3, -0.25) is 9.71 Å². The van der Waals surface area contributed by atoms with Crippen LogP contribution in [0.3, 0.4) is 0 Å². The van der Waals surface area contributed by atoms with Gasteiger partial charge in [0.2, 0.25) is 0 Å². The number of nitrogens with zero attached hydrogens (tertiary/aromatic N) is 3. The van der Waals surface area contributed by atoms with Gasteiger partial charge < -0.3 is 4.90 Å². The maximum absolute atomic E-state index is 12.5. The minimum absolute atomic E-state index is 0.206. The molecule has 0 saturated carbocycles. The van der Waals surface area contributed by atoms with Gasteiger partial charge in [-0.15, -0.1) is 0 Å². The van der Waals surface area contributed by atoms with Crippen molar-refractivity contribution in [1.82, 2.24) is 9.97 Å². The molecule has 0 atom stereocenters. The van der Waals surface area contributed by atoms with Crippen LogP contribution < -0.4 is 9.62 Å². The number of hydrogen-bond donors (Lipinski definition) is 1. The zero-order valence-corrected chi connectivity index (χ0v) is 13.0. The van der Waals surface area contributed by atoms with Gasteiger partial charge in [-0.1, -0.05) is 0 Å². The Hall–Kier alpha value is -2.36. The standard InChI is InChI=1S/C13H13F3N4O2S/c1-20(2)12-10(4-3-7-17-12)19-23(21,22)9-5-6-11(18-8-9)13(14,15)16/h3-8,19H,1-2H3. The van der Waals surface area contributed by atoms with Gasteiger partial charge in [-0.25, -0.2) is 13.4 Å². The molecule has 0 radical (unpaired) electrons. The monoisotopic (exact) mass is 346 g/mol. The summed E-state index contributed by atoms with van der Waals surface area (Å²) in [6.45, 7) is 0. The lowest BCUT2D eigenvalue weighted by Gasteiger charge is -2.17. The van der Waals surface area contributed by atoms with E-state index in [2.05, 4.69) is 14.7 Å². The number of aromatic nitrogens is 2. The summed E-state index contributed by atoms with van der Waals surface area (Å²) in [4.78, 5) is 8.41. The molecular weight excluding hydrogens is 333 g/mol. The van der Waals surface area contributed by atoms with Crippen LogP contribution in [-0.4, -0.2) is 32.5 Å². The zero-order valence-electron chi connectivity index (χ0n) is 12.2. The maximum Gasteiger partial charge on any atom is 0.433 e. The molecule has 0 saturated heterocycles. The molecule has 0 amide bonds. The fraction of sp³-hybridized carbons (Fsp3) is 0.231. The second-order valence-corrected chi connectivity index (χ2v) is 6.43. The van der Waals surface area contributed by atoms with Crippen LogP contribution in [0.25, 0.3) is 0 Å². The van der Waals surface area contributed by atoms with E-state index in [1.165, 1.54) is 18.3 Å². The highest BCUT2D eigenvalue weighted by Crippen LogP contribution is 2.28. The van der Waals surface area contributed by atoms with E-state index in [9.17, 15) is 21.6 Å². The second kappa shape index (κ2) is 6.03. The van der Waals surface area contributed by atoms with Gasteiger partial charge in [0, 0.05) is 26.5 Å². The first kappa shape index (κ1) is 17.0. The first-order valence-electron chi connectivity index (χ1n) is 6.29. The highest BCUT2D eigenvalue weighted by molar-refractivity contribution is 7.92. The molecule has 10 heteroatoms. The van der Waals surface area contributed by atoms with Crippen LogP contribution in [0.1, 0.15) is 5.69 Å².